The average Bonchev–Trinajstić information content (AvgIpc) is 3.25. The van der Waals surface area contributed by atoms with Crippen LogP contribution in [-0.2, 0) is 30.7 Å². The first-order valence-corrected chi connectivity index (χ1v) is 15.8. The van der Waals surface area contributed by atoms with Gasteiger partial charge in [-0.3, -0.25) is 4.79 Å². The van der Waals surface area contributed by atoms with Gasteiger partial charge in [-0.05, 0) is 89.5 Å². The Morgan fingerprint density at radius 1 is 1.07 bits per heavy atom. The number of benzene rings is 1. The van der Waals surface area contributed by atoms with Crippen molar-refractivity contribution < 1.29 is 19.1 Å². The van der Waals surface area contributed by atoms with Crippen LogP contribution in [0.15, 0.2) is 36.4 Å². The number of hydrogen-bond acceptors (Lipinski definition) is 6. The molecule has 1 aromatic carbocycles. The molecule has 4 heterocycles. The van der Waals surface area contributed by atoms with Crippen LogP contribution in [0.4, 0.5) is 4.79 Å². The lowest BCUT2D eigenvalue weighted by Crippen LogP contribution is -2.42. The first-order chi connectivity index (χ1) is 20.0. The summed E-state index contributed by atoms with van der Waals surface area (Å²) in [5.74, 6) is 1.21. The maximum atomic E-state index is 13.9. The van der Waals surface area contributed by atoms with Crippen LogP contribution >= 0.6 is 11.3 Å². The minimum Gasteiger partial charge on any atom is -0.473 e. The van der Waals surface area contributed by atoms with E-state index in [1.807, 2.05) is 67.8 Å². The van der Waals surface area contributed by atoms with Gasteiger partial charge in [-0.25, -0.2) is 9.78 Å². The standard InChI is InChI=1S/C34H43N3O4S/c1-22-18-23(2)35-31(40-21-26-10-8-7-9-11-26)27(22)20-37-17-14-28-30(32(37)38)24(3)29(42-28)19-25-12-15-36(16-13-25)33(39)41-34(4,5)6/h7-11,18,25H,12-17,19-21H2,1-6H3. The molecule has 0 saturated carbocycles. The molecule has 2 aliphatic rings. The number of likely N-dealkylation sites (tertiary alicyclic amines) is 1. The van der Waals surface area contributed by atoms with Crippen LogP contribution in [-0.4, -0.2) is 52.0 Å². The molecule has 42 heavy (non-hydrogen) atoms. The molecule has 7 nitrogen and oxygen atoms in total. The van der Waals surface area contributed by atoms with Gasteiger partial charge in [0.05, 0.1) is 12.1 Å². The summed E-state index contributed by atoms with van der Waals surface area (Å²) in [4.78, 5) is 37.4. The van der Waals surface area contributed by atoms with Gasteiger partial charge in [0.25, 0.3) is 5.91 Å². The van der Waals surface area contributed by atoms with Gasteiger partial charge in [-0.2, -0.15) is 0 Å². The highest BCUT2D eigenvalue weighted by Crippen LogP contribution is 2.37. The van der Waals surface area contributed by atoms with E-state index in [4.69, 9.17) is 14.5 Å². The molecule has 8 heteroatoms. The van der Waals surface area contributed by atoms with E-state index in [-0.39, 0.29) is 12.0 Å². The van der Waals surface area contributed by atoms with Crippen LogP contribution in [0.1, 0.15) is 81.7 Å². The van der Waals surface area contributed by atoms with E-state index in [9.17, 15) is 9.59 Å². The molecule has 3 aromatic rings. The van der Waals surface area contributed by atoms with Crippen molar-refractivity contribution >= 4 is 23.3 Å². The number of hydrogen-bond donors (Lipinski definition) is 0. The van der Waals surface area contributed by atoms with E-state index in [0.29, 0.717) is 31.5 Å². The second-order valence-electron chi connectivity index (χ2n) is 12.7. The smallest absolute Gasteiger partial charge is 0.410 e. The summed E-state index contributed by atoms with van der Waals surface area (Å²) in [5, 5.41) is 0. The Hall–Kier alpha value is -3.39. The van der Waals surface area contributed by atoms with Crippen LogP contribution in [0.25, 0.3) is 0 Å². The molecule has 0 radical (unpaired) electrons. The zero-order chi connectivity index (χ0) is 30.0. The second-order valence-corrected chi connectivity index (χ2v) is 13.9. The van der Waals surface area contributed by atoms with Gasteiger partial charge in [-0.15, -0.1) is 11.3 Å². The average molecular weight is 590 g/mol. The van der Waals surface area contributed by atoms with Crippen molar-refractivity contribution in [2.24, 2.45) is 5.92 Å². The highest BCUT2D eigenvalue weighted by atomic mass is 32.1. The third kappa shape index (κ3) is 6.97. The molecule has 0 unspecified atom stereocenters. The normalized spacial score (nSPS) is 16.0. The van der Waals surface area contributed by atoms with Crippen LogP contribution < -0.4 is 4.74 Å². The van der Waals surface area contributed by atoms with Crippen molar-refractivity contribution in [1.82, 2.24) is 14.8 Å². The van der Waals surface area contributed by atoms with Crippen LogP contribution in [0.3, 0.4) is 0 Å². The van der Waals surface area contributed by atoms with Crippen molar-refractivity contribution in [2.75, 3.05) is 19.6 Å². The van der Waals surface area contributed by atoms with E-state index in [1.165, 1.54) is 9.75 Å². The zero-order valence-corrected chi connectivity index (χ0v) is 26.6. The van der Waals surface area contributed by atoms with Crippen molar-refractivity contribution in [3.05, 3.63) is 79.7 Å². The minimum absolute atomic E-state index is 0.102. The molecule has 5 rings (SSSR count). The molecular formula is C34H43N3O4S. The number of thiophene rings is 1. The number of aryl methyl sites for hydroxylation is 2. The fourth-order valence-corrected chi connectivity index (χ4v) is 7.30. The van der Waals surface area contributed by atoms with Crippen molar-refractivity contribution in [2.45, 2.75) is 86.0 Å². The lowest BCUT2D eigenvalue weighted by molar-refractivity contribution is 0.0184. The number of rotatable bonds is 7. The van der Waals surface area contributed by atoms with Crippen molar-refractivity contribution in [3.8, 4) is 5.88 Å². The van der Waals surface area contributed by atoms with Gasteiger partial charge in [-0.1, -0.05) is 30.3 Å². The predicted octanol–water partition coefficient (Wildman–Crippen LogP) is 7.04. The molecule has 0 spiro atoms. The predicted molar refractivity (Wildman–Crippen MR) is 166 cm³/mol. The molecule has 0 bridgehead atoms. The Morgan fingerprint density at radius 2 is 1.79 bits per heavy atom. The van der Waals surface area contributed by atoms with E-state index < -0.39 is 5.60 Å². The van der Waals surface area contributed by atoms with E-state index >= 15 is 0 Å². The number of ether oxygens (including phenoxy) is 2. The molecule has 0 aliphatic carbocycles. The van der Waals surface area contributed by atoms with E-state index in [0.717, 1.165) is 72.3 Å². The molecule has 2 aromatic heterocycles. The quantitative estimate of drug-likeness (QED) is 0.296. The number of amides is 2. The monoisotopic (exact) mass is 589 g/mol. The fourth-order valence-electron chi connectivity index (χ4n) is 5.89. The highest BCUT2D eigenvalue weighted by molar-refractivity contribution is 7.12. The summed E-state index contributed by atoms with van der Waals surface area (Å²) in [6, 6.07) is 12.1. The lowest BCUT2D eigenvalue weighted by Gasteiger charge is -2.33. The van der Waals surface area contributed by atoms with Crippen molar-refractivity contribution in [1.29, 1.82) is 0 Å². The molecule has 2 aliphatic heterocycles. The van der Waals surface area contributed by atoms with E-state index in [1.54, 1.807) is 11.3 Å². The van der Waals surface area contributed by atoms with Gasteiger partial charge < -0.3 is 19.3 Å². The zero-order valence-electron chi connectivity index (χ0n) is 25.8. The lowest BCUT2D eigenvalue weighted by atomic mass is 9.91. The molecule has 1 saturated heterocycles. The number of pyridine rings is 1. The first kappa shape index (κ1) is 30.1. The molecular weight excluding hydrogens is 546 g/mol. The third-order valence-electron chi connectivity index (χ3n) is 8.17. The largest absolute Gasteiger partial charge is 0.473 e. The van der Waals surface area contributed by atoms with Gasteiger partial charge in [0, 0.05) is 47.1 Å². The molecule has 1 fully saturated rings. The molecule has 2 amide bonds. The SMILES string of the molecule is Cc1cc(C)c(CN2CCc3sc(CC4CCN(C(=O)OC(C)(C)C)CC4)c(C)c3C2=O)c(OCc2ccccc2)n1. The summed E-state index contributed by atoms with van der Waals surface area (Å²) in [5.41, 5.74) is 5.58. The summed E-state index contributed by atoms with van der Waals surface area (Å²) >= 11 is 1.81. The Balaban J connectivity index is 1.25. The maximum absolute atomic E-state index is 13.9. The maximum Gasteiger partial charge on any atom is 0.410 e. The number of fused-ring (bicyclic) bond motifs is 1. The summed E-state index contributed by atoms with van der Waals surface area (Å²) < 4.78 is 11.8. The Morgan fingerprint density at radius 3 is 2.48 bits per heavy atom. The second kappa shape index (κ2) is 12.5. The summed E-state index contributed by atoms with van der Waals surface area (Å²) in [6.45, 7) is 14.9. The number of aromatic nitrogens is 1. The Labute approximate surface area is 253 Å². The minimum atomic E-state index is -0.479. The summed E-state index contributed by atoms with van der Waals surface area (Å²) in [6.07, 6.45) is 3.50. The van der Waals surface area contributed by atoms with Gasteiger partial charge in [0.2, 0.25) is 5.88 Å². The van der Waals surface area contributed by atoms with Gasteiger partial charge >= 0.3 is 6.09 Å². The van der Waals surface area contributed by atoms with Crippen LogP contribution in [0.5, 0.6) is 5.88 Å². The van der Waals surface area contributed by atoms with Crippen LogP contribution in [0.2, 0.25) is 0 Å². The third-order valence-corrected chi connectivity index (χ3v) is 9.55. The number of carbonyl (C=O) groups excluding carboxylic acids is 2. The Bertz CT molecular complexity index is 1440. The van der Waals surface area contributed by atoms with Crippen molar-refractivity contribution in [3.63, 3.8) is 0 Å². The first-order valence-electron chi connectivity index (χ1n) is 15.0. The molecule has 0 N–H and O–H groups in total. The van der Waals surface area contributed by atoms with Crippen LogP contribution in [0, 0.1) is 26.7 Å². The number of piperidine rings is 1. The Kier molecular flexibility index (Phi) is 8.92. The van der Waals surface area contributed by atoms with Gasteiger partial charge in [0.15, 0.2) is 0 Å². The van der Waals surface area contributed by atoms with Gasteiger partial charge in [0.1, 0.15) is 12.2 Å². The summed E-state index contributed by atoms with van der Waals surface area (Å²) in [7, 11) is 0. The number of nitrogens with zero attached hydrogens (tertiary/aromatic N) is 3. The molecule has 224 valence electrons. The fraction of sp³-hybridized carbons (Fsp3) is 0.500. The van der Waals surface area contributed by atoms with E-state index in [2.05, 4.69) is 19.9 Å². The number of carbonyl (C=O) groups is 2. The topological polar surface area (TPSA) is 72.0 Å². The molecule has 0 atom stereocenters. The highest BCUT2D eigenvalue weighted by Gasteiger charge is 2.32.